The lowest BCUT2D eigenvalue weighted by Gasteiger charge is -2.14. The van der Waals surface area contributed by atoms with E-state index in [9.17, 15) is 69.6 Å². The Kier molecular flexibility index (Phi) is 12.1. The minimum absolute atomic E-state index is 0.198. The molecule has 0 bridgehead atoms. The fraction of sp³-hybridized carbons (Fsp3) is 0.0741. The van der Waals surface area contributed by atoms with E-state index in [1.165, 1.54) is 0 Å². The quantitative estimate of drug-likeness (QED) is 0.0476. The van der Waals surface area contributed by atoms with E-state index in [1.807, 2.05) is 0 Å². The Balaban J connectivity index is 1.63. The van der Waals surface area contributed by atoms with Gasteiger partial charge < -0.3 is 16.2 Å². The molecule has 0 radical (unpaired) electrons. The summed E-state index contributed by atoms with van der Waals surface area (Å²) in [5, 5.41) is 26.8. The van der Waals surface area contributed by atoms with Gasteiger partial charge in [0, 0.05) is 5.69 Å². The Morgan fingerprint density at radius 3 is 1.76 bits per heavy atom. The summed E-state index contributed by atoms with van der Waals surface area (Å²) in [5.74, 6) is -2.92. The van der Waals surface area contributed by atoms with Crippen molar-refractivity contribution >= 4 is 101 Å². The first-order chi connectivity index (χ1) is 27.1. The van der Waals surface area contributed by atoms with Crippen LogP contribution in [0.25, 0.3) is 10.8 Å². The van der Waals surface area contributed by atoms with Crippen LogP contribution in [0.3, 0.4) is 0 Å². The van der Waals surface area contributed by atoms with Crippen LogP contribution in [0.5, 0.6) is 5.75 Å². The summed E-state index contributed by atoms with van der Waals surface area (Å²) in [7, 11) is -25.1. The molecule has 0 aliphatic rings. The van der Waals surface area contributed by atoms with E-state index < -0.39 is 135 Å². The van der Waals surface area contributed by atoms with Gasteiger partial charge in [0.05, 0.1) is 34.0 Å². The van der Waals surface area contributed by atoms with Gasteiger partial charge in [0.15, 0.2) is 15.6 Å². The number of nitrogens with one attached hydrogen (secondary N) is 1. The van der Waals surface area contributed by atoms with Crippen LogP contribution in [0, 0.1) is 12.2 Å². The molecule has 0 fully saturated rings. The number of halogens is 2. The molecule has 1 aromatic heterocycles. The summed E-state index contributed by atoms with van der Waals surface area (Å²) in [6.07, 6.45) is -3.11. The van der Waals surface area contributed by atoms with E-state index in [-0.39, 0.29) is 16.3 Å². The van der Waals surface area contributed by atoms with Crippen molar-refractivity contribution in [3.05, 3.63) is 66.8 Å². The minimum Gasteiger partial charge on any atom is -0.505 e. The van der Waals surface area contributed by atoms with Crippen LogP contribution in [0.2, 0.25) is 0 Å². The van der Waals surface area contributed by atoms with Gasteiger partial charge in [-0.3, -0.25) is 18.2 Å². The van der Waals surface area contributed by atoms with Gasteiger partial charge in [-0.2, -0.15) is 62.5 Å². The third-order valence-corrected chi connectivity index (χ3v) is 12.0. The molecule has 5 aromatic rings. The lowest BCUT2D eigenvalue weighted by molar-refractivity contribution is 0.284. The summed E-state index contributed by atoms with van der Waals surface area (Å²) in [6, 6.07) is 7.46. The standard InChI is InChI=1S/C27H21F2N9O16S5/c28-25-32-26(29)34-27(33-25)31-14-3-6-17(56(42,43)44)16(11-14)36-38-23-19(58(48,49)50)10-12-9-18(57(45,46)47)22(21(30)20(12)24(23)39)37-35-13-1-4-15(5-2-13)55(40,41)8-7-54-59(51,52)53/h1-6,9-11,39H,7-8,30H2,(H,42,43,44)(H,45,46,47)(H,48,49,50)(H,51,52,53)(H,31,32,33,34). The number of sulfone groups is 1. The zero-order valence-corrected chi connectivity index (χ0v) is 32.4. The summed E-state index contributed by atoms with van der Waals surface area (Å²) < 4.78 is 190. The van der Waals surface area contributed by atoms with Crippen molar-refractivity contribution in [3.63, 3.8) is 0 Å². The van der Waals surface area contributed by atoms with E-state index >= 15 is 0 Å². The number of aromatic nitrogens is 3. The highest BCUT2D eigenvalue weighted by atomic mass is 32.3. The number of phenolic OH excluding ortho intramolecular Hbond substituents is 1. The van der Waals surface area contributed by atoms with Crippen LogP contribution >= 0.6 is 0 Å². The average Bonchev–Trinajstić information content (AvgIpc) is 3.08. The molecule has 0 saturated heterocycles. The van der Waals surface area contributed by atoms with E-state index in [4.69, 9.17) is 10.3 Å². The van der Waals surface area contributed by atoms with Gasteiger partial charge in [0.25, 0.3) is 30.4 Å². The number of azo groups is 2. The van der Waals surface area contributed by atoms with Gasteiger partial charge in [0.2, 0.25) is 5.95 Å². The molecule has 0 aliphatic heterocycles. The van der Waals surface area contributed by atoms with E-state index in [0.29, 0.717) is 18.2 Å². The first-order valence-electron chi connectivity index (χ1n) is 14.9. The lowest BCUT2D eigenvalue weighted by atomic mass is 10.1. The second-order valence-electron chi connectivity index (χ2n) is 11.2. The van der Waals surface area contributed by atoms with Gasteiger partial charge in [-0.05, 0) is 60.0 Å². The normalized spacial score (nSPS) is 13.1. The maximum Gasteiger partial charge on any atom is 0.397 e. The number of anilines is 3. The predicted octanol–water partition coefficient (Wildman–Crippen LogP) is 3.50. The second kappa shape index (κ2) is 16.1. The molecule has 4 aromatic carbocycles. The highest BCUT2D eigenvalue weighted by molar-refractivity contribution is 7.91. The molecular weight excluding hydrogens is 905 g/mol. The fourth-order valence-electron chi connectivity index (χ4n) is 4.81. The second-order valence-corrected chi connectivity index (χ2v) is 18.6. The van der Waals surface area contributed by atoms with Crippen LogP contribution in [0.4, 0.5) is 48.9 Å². The van der Waals surface area contributed by atoms with Crippen LogP contribution in [-0.4, -0.2) is 92.7 Å². The van der Waals surface area contributed by atoms with Gasteiger partial charge in [-0.1, -0.05) is 0 Å². The van der Waals surface area contributed by atoms with Crippen molar-refractivity contribution in [2.45, 2.75) is 19.6 Å². The molecule has 5 rings (SSSR count). The molecule has 59 heavy (non-hydrogen) atoms. The van der Waals surface area contributed by atoms with Crippen molar-refractivity contribution in [1.82, 2.24) is 15.0 Å². The maximum absolute atomic E-state index is 13.5. The van der Waals surface area contributed by atoms with Crippen LogP contribution in [-0.2, 0) is 54.8 Å². The van der Waals surface area contributed by atoms with Crippen LogP contribution in [0.1, 0.15) is 0 Å². The molecule has 0 aliphatic carbocycles. The predicted molar refractivity (Wildman–Crippen MR) is 193 cm³/mol. The molecule has 0 saturated carbocycles. The zero-order valence-electron chi connectivity index (χ0n) is 28.3. The lowest BCUT2D eigenvalue weighted by Crippen LogP contribution is -2.15. The number of nitrogens with zero attached hydrogens (tertiary/aromatic N) is 7. The van der Waals surface area contributed by atoms with E-state index in [1.54, 1.807) is 0 Å². The monoisotopic (exact) mass is 925 g/mol. The van der Waals surface area contributed by atoms with Crippen molar-refractivity contribution in [2.24, 2.45) is 20.5 Å². The molecular formula is C27H21F2N9O16S5. The summed E-state index contributed by atoms with van der Waals surface area (Å²) in [6.45, 7) is -0.935. The van der Waals surface area contributed by atoms with Crippen molar-refractivity contribution in [1.29, 1.82) is 0 Å². The van der Waals surface area contributed by atoms with Crippen molar-refractivity contribution < 1.29 is 78.4 Å². The number of hydrogen-bond donors (Lipinski definition) is 7. The van der Waals surface area contributed by atoms with Crippen LogP contribution < -0.4 is 11.1 Å². The number of aromatic hydroxyl groups is 1. The maximum atomic E-state index is 13.5. The van der Waals surface area contributed by atoms with Crippen molar-refractivity contribution in [3.8, 4) is 5.75 Å². The van der Waals surface area contributed by atoms with Gasteiger partial charge in [-0.15, -0.1) is 15.3 Å². The number of rotatable bonds is 14. The average molecular weight is 926 g/mol. The Bertz CT molecular complexity index is 3150. The summed E-state index contributed by atoms with van der Waals surface area (Å²) in [4.78, 5) is 5.22. The molecule has 1 heterocycles. The fourth-order valence-corrected chi connectivity index (χ4v) is 8.23. The number of benzene rings is 4. The Labute approximate surface area is 329 Å². The number of phenols is 1. The number of nitrogen functional groups attached to an aromatic ring is 1. The molecule has 0 unspecified atom stereocenters. The van der Waals surface area contributed by atoms with Crippen molar-refractivity contribution in [2.75, 3.05) is 23.4 Å². The molecule has 0 amide bonds. The first-order valence-corrected chi connectivity index (χ1v) is 22.3. The SMILES string of the molecule is Nc1c(N=Nc2ccc(S(=O)(=O)CCOS(=O)(=O)O)cc2)c(S(=O)(=O)O)cc2cc(S(=O)(=O)O)c(N=Nc3cc(Nc4nc(F)nc(F)n4)ccc3S(=O)(=O)O)c(O)c12. The minimum atomic E-state index is -5.46. The highest BCUT2D eigenvalue weighted by Gasteiger charge is 2.28. The Hall–Kier alpha value is -5.84. The largest absolute Gasteiger partial charge is 0.505 e. The molecule has 32 heteroatoms. The van der Waals surface area contributed by atoms with E-state index in [0.717, 1.165) is 36.4 Å². The Morgan fingerprint density at radius 2 is 1.22 bits per heavy atom. The molecule has 0 spiro atoms. The smallest absolute Gasteiger partial charge is 0.397 e. The van der Waals surface area contributed by atoms with Gasteiger partial charge >= 0.3 is 22.6 Å². The van der Waals surface area contributed by atoms with E-state index in [2.05, 4.69) is 44.9 Å². The number of hydrogen-bond acceptors (Lipinski definition) is 21. The third-order valence-electron chi connectivity index (χ3n) is 7.25. The molecule has 8 N–H and O–H groups in total. The highest BCUT2D eigenvalue weighted by Crippen LogP contribution is 2.48. The van der Waals surface area contributed by atoms with Gasteiger partial charge in [0.1, 0.15) is 31.7 Å². The first kappa shape index (κ1) is 44.3. The number of fused-ring (bicyclic) bond motifs is 1. The van der Waals surface area contributed by atoms with Gasteiger partial charge in [-0.25, -0.2) is 12.6 Å². The molecule has 314 valence electrons. The molecule has 25 nitrogen and oxygen atoms in total. The Morgan fingerprint density at radius 1 is 0.678 bits per heavy atom. The zero-order chi connectivity index (χ0) is 43.9. The summed E-state index contributed by atoms with van der Waals surface area (Å²) >= 11 is 0. The molecule has 0 atom stereocenters. The van der Waals surface area contributed by atoms with Crippen LogP contribution in [0.15, 0.2) is 94.6 Å². The topological polar surface area (TPSA) is 407 Å². The third kappa shape index (κ3) is 10.6. The number of nitrogens with two attached hydrogens (primary N) is 1. The summed E-state index contributed by atoms with van der Waals surface area (Å²) in [5.41, 5.74) is 1.90.